The Morgan fingerprint density at radius 2 is 2.06 bits per heavy atom. The van der Waals surface area contributed by atoms with E-state index < -0.39 is 6.09 Å². The molecule has 0 aliphatic rings. The van der Waals surface area contributed by atoms with E-state index in [-0.39, 0.29) is 5.41 Å². The summed E-state index contributed by atoms with van der Waals surface area (Å²) in [6, 6.07) is 10.1. The molecule has 1 aromatic rings. The zero-order chi connectivity index (χ0) is 12.7. The quantitative estimate of drug-likeness (QED) is 0.494. The molecule has 0 atom stereocenters. The first-order chi connectivity index (χ1) is 8.03. The van der Waals surface area contributed by atoms with Gasteiger partial charge in [0.2, 0.25) is 0 Å². The van der Waals surface area contributed by atoms with Crippen LogP contribution in [0.1, 0.15) is 19.4 Å². The van der Waals surface area contributed by atoms with Crippen molar-refractivity contribution in [2.24, 2.45) is 10.6 Å². The number of hydrogen-bond acceptors (Lipinski definition) is 3. The van der Waals surface area contributed by atoms with E-state index in [1.807, 2.05) is 32.0 Å². The highest BCUT2D eigenvalue weighted by Crippen LogP contribution is 2.19. The lowest BCUT2D eigenvalue weighted by molar-refractivity contribution is 0.152. The molecule has 0 unspecified atom stereocenters. The Morgan fingerprint density at radius 1 is 1.41 bits per heavy atom. The number of oxime groups is 1. The van der Waals surface area contributed by atoms with Crippen LogP contribution in [0.2, 0.25) is 0 Å². The number of benzene rings is 1. The van der Waals surface area contributed by atoms with Crippen molar-refractivity contribution in [1.29, 1.82) is 0 Å². The Bertz CT molecular complexity index is 386. The number of hydrogen-bond donors (Lipinski definition) is 1. The molecular weight excluding hydrogens is 216 g/mol. The van der Waals surface area contributed by atoms with Crippen molar-refractivity contribution in [2.75, 3.05) is 7.05 Å². The summed E-state index contributed by atoms with van der Waals surface area (Å²) in [5.41, 5.74) is 1.07. The normalized spacial score (nSPS) is 11.5. The average molecular weight is 234 g/mol. The first-order valence-corrected chi connectivity index (χ1v) is 5.51. The fourth-order valence-electron chi connectivity index (χ4n) is 1.43. The summed E-state index contributed by atoms with van der Waals surface area (Å²) in [5, 5.41) is 6.00. The van der Waals surface area contributed by atoms with Gasteiger partial charge in [-0.05, 0) is 12.0 Å². The van der Waals surface area contributed by atoms with E-state index in [0.29, 0.717) is 0 Å². The topological polar surface area (TPSA) is 50.7 Å². The van der Waals surface area contributed by atoms with Crippen molar-refractivity contribution < 1.29 is 9.63 Å². The lowest BCUT2D eigenvalue weighted by atomic mass is 9.87. The van der Waals surface area contributed by atoms with E-state index in [4.69, 9.17) is 0 Å². The van der Waals surface area contributed by atoms with E-state index in [9.17, 15) is 4.79 Å². The monoisotopic (exact) mass is 234 g/mol. The third-order valence-electron chi connectivity index (χ3n) is 2.24. The predicted molar refractivity (Wildman–Crippen MR) is 68.0 cm³/mol. The van der Waals surface area contributed by atoms with E-state index in [1.165, 1.54) is 12.6 Å². The van der Waals surface area contributed by atoms with Crippen molar-refractivity contribution in [3.63, 3.8) is 0 Å². The number of amides is 1. The van der Waals surface area contributed by atoms with Gasteiger partial charge in [-0.3, -0.25) is 4.84 Å². The van der Waals surface area contributed by atoms with Gasteiger partial charge < -0.3 is 5.32 Å². The molecule has 1 amide bonds. The van der Waals surface area contributed by atoms with Crippen LogP contribution in [0.15, 0.2) is 35.5 Å². The van der Waals surface area contributed by atoms with Gasteiger partial charge in [0.1, 0.15) is 0 Å². The Morgan fingerprint density at radius 3 is 2.65 bits per heavy atom. The van der Waals surface area contributed by atoms with Crippen molar-refractivity contribution in [1.82, 2.24) is 5.32 Å². The van der Waals surface area contributed by atoms with Crippen molar-refractivity contribution >= 4 is 12.3 Å². The number of nitrogens with zero attached hydrogens (tertiary/aromatic N) is 1. The van der Waals surface area contributed by atoms with Crippen molar-refractivity contribution in [2.45, 2.75) is 20.3 Å². The van der Waals surface area contributed by atoms with Crippen LogP contribution in [0.5, 0.6) is 0 Å². The van der Waals surface area contributed by atoms with Crippen LogP contribution in [0, 0.1) is 5.41 Å². The summed E-state index contributed by atoms with van der Waals surface area (Å²) in [6.45, 7) is 4.08. The molecule has 4 nitrogen and oxygen atoms in total. The van der Waals surface area contributed by atoms with Crippen LogP contribution in [0.4, 0.5) is 4.79 Å². The fraction of sp³-hybridized carbons (Fsp3) is 0.385. The maximum atomic E-state index is 10.8. The molecule has 0 radical (unpaired) electrons. The summed E-state index contributed by atoms with van der Waals surface area (Å²) in [5.74, 6) is 0. The summed E-state index contributed by atoms with van der Waals surface area (Å²) >= 11 is 0. The van der Waals surface area contributed by atoms with Crippen LogP contribution in [0.3, 0.4) is 0 Å². The van der Waals surface area contributed by atoms with Gasteiger partial charge in [-0.15, -0.1) is 0 Å². The third-order valence-corrected chi connectivity index (χ3v) is 2.24. The summed E-state index contributed by atoms with van der Waals surface area (Å²) < 4.78 is 0. The molecule has 0 saturated heterocycles. The number of carbonyl (C=O) groups is 1. The highest BCUT2D eigenvalue weighted by Gasteiger charge is 2.16. The molecular formula is C13H18N2O2. The second-order valence-corrected chi connectivity index (χ2v) is 4.51. The van der Waals surface area contributed by atoms with Crippen LogP contribution in [-0.4, -0.2) is 19.4 Å². The minimum atomic E-state index is -0.559. The van der Waals surface area contributed by atoms with Gasteiger partial charge in [0.15, 0.2) is 0 Å². The average Bonchev–Trinajstić information content (AvgIpc) is 2.29. The molecule has 92 valence electrons. The van der Waals surface area contributed by atoms with E-state index in [2.05, 4.69) is 27.4 Å². The van der Waals surface area contributed by atoms with E-state index in [1.54, 1.807) is 6.21 Å². The SMILES string of the molecule is CNC(=O)O/N=C/C(C)(C)Cc1ccccc1. The van der Waals surface area contributed by atoms with Gasteiger partial charge in [-0.25, -0.2) is 4.79 Å². The maximum absolute atomic E-state index is 10.8. The lowest BCUT2D eigenvalue weighted by Gasteiger charge is -2.18. The van der Waals surface area contributed by atoms with E-state index >= 15 is 0 Å². The van der Waals surface area contributed by atoms with Gasteiger partial charge >= 0.3 is 6.09 Å². The minimum Gasteiger partial charge on any atom is -0.323 e. The first-order valence-electron chi connectivity index (χ1n) is 5.51. The molecule has 0 aliphatic heterocycles. The highest BCUT2D eigenvalue weighted by molar-refractivity contribution is 5.69. The van der Waals surface area contributed by atoms with E-state index in [0.717, 1.165) is 6.42 Å². The summed E-state index contributed by atoms with van der Waals surface area (Å²) in [7, 11) is 1.49. The smallest absolute Gasteiger partial charge is 0.323 e. The van der Waals surface area contributed by atoms with Gasteiger partial charge in [-0.2, -0.15) is 0 Å². The number of carbonyl (C=O) groups excluding carboxylic acids is 1. The molecule has 0 fully saturated rings. The predicted octanol–water partition coefficient (Wildman–Crippen LogP) is 2.60. The zero-order valence-electron chi connectivity index (χ0n) is 10.4. The summed E-state index contributed by atoms with van der Waals surface area (Å²) in [4.78, 5) is 15.4. The molecule has 1 aromatic carbocycles. The molecule has 0 aliphatic carbocycles. The van der Waals surface area contributed by atoms with Gasteiger partial charge in [0.25, 0.3) is 0 Å². The Kier molecular flexibility index (Phi) is 4.69. The molecule has 0 spiro atoms. The first kappa shape index (κ1) is 13.2. The Labute approximate surface area is 102 Å². The van der Waals surface area contributed by atoms with Crippen molar-refractivity contribution in [3.05, 3.63) is 35.9 Å². The Hall–Kier alpha value is -1.84. The Balaban J connectivity index is 2.54. The fourth-order valence-corrected chi connectivity index (χ4v) is 1.43. The molecule has 0 saturated carbocycles. The molecule has 1 rings (SSSR count). The molecule has 4 heteroatoms. The van der Waals surface area contributed by atoms with Crippen LogP contribution >= 0.6 is 0 Å². The molecule has 0 bridgehead atoms. The molecule has 17 heavy (non-hydrogen) atoms. The minimum absolute atomic E-state index is 0.157. The largest absolute Gasteiger partial charge is 0.433 e. The van der Waals surface area contributed by atoms with Crippen LogP contribution in [0.25, 0.3) is 0 Å². The maximum Gasteiger partial charge on any atom is 0.433 e. The van der Waals surface area contributed by atoms with Gasteiger partial charge in [0.05, 0.1) is 6.21 Å². The lowest BCUT2D eigenvalue weighted by Crippen LogP contribution is -2.20. The summed E-state index contributed by atoms with van der Waals surface area (Å²) in [6.07, 6.45) is 1.93. The van der Waals surface area contributed by atoms with Crippen LogP contribution in [-0.2, 0) is 11.3 Å². The highest BCUT2D eigenvalue weighted by atomic mass is 16.7. The van der Waals surface area contributed by atoms with Crippen molar-refractivity contribution in [3.8, 4) is 0 Å². The second-order valence-electron chi connectivity index (χ2n) is 4.51. The molecule has 0 heterocycles. The standard InChI is InChI=1S/C13H18N2O2/c1-13(2,10-15-17-12(16)14-3)9-11-7-5-4-6-8-11/h4-8,10H,9H2,1-3H3,(H,14,16)/b15-10+. The third kappa shape index (κ3) is 5.15. The van der Waals surface area contributed by atoms with Gasteiger partial charge in [-0.1, -0.05) is 49.3 Å². The number of rotatable bonds is 4. The molecule has 0 aromatic heterocycles. The molecule has 1 N–H and O–H groups in total. The zero-order valence-corrected chi connectivity index (χ0v) is 10.4. The van der Waals surface area contributed by atoms with Crippen LogP contribution < -0.4 is 5.32 Å². The second kappa shape index (κ2) is 6.03. The number of nitrogens with one attached hydrogen (secondary N) is 1. The van der Waals surface area contributed by atoms with Gasteiger partial charge in [0, 0.05) is 12.5 Å².